The highest BCUT2D eigenvalue weighted by atomic mass is 32.1. The molecular weight excluding hydrogens is 334 g/mol. The van der Waals surface area contributed by atoms with Crippen molar-refractivity contribution in [1.29, 1.82) is 5.26 Å². The van der Waals surface area contributed by atoms with Gasteiger partial charge in [0, 0.05) is 23.8 Å². The van der Waals surface area contributed by atoms with Crippen molar-refractivity contribution in [1.82, 2.24) is 5.32 Å². The Hall–Kier alpha value is -1.87. The van der Waals surface area contributed by atoms with Gasteiger partial charge in [-0.05, 0) is 43.6 Å². The number of hydrogen-bond donors (Lipinski definition) is 2. The Labute approximate surface area is 152 Å². The Morgan fingerprint density at radius 3 is 2.64 bits per heavy atom. The molecule has 0 radical (unpaired) electrons. The van der Waals surface area contributed by atoms with Crippen LogP contribution in [0.4, 0.5) is 5.00 Å². The van der Waals surface area contributed by atoms with Gasteiger partial charge in [-0.15, -0.1) is 11.3 Å². The first-order valence-electron chi connectivity index (χ1n) is 9.22. The lowest BCUT2D eigenvalue weighted by Crippen LogP contribution is -2.29. The van der Waals surface area contributed by atoms with Crippen LogP contribution >= 0.6 is 11.3 Å². The van der Waals surface area contributed by atoms with E-state index in [1.165, 1.54) is 17.7 Å². The lowest BCUT2D eigenvalue weighted by molar-refractivity contribution is -0.122. The average Bonchev–Trinajstić information content (AvgIpc) is 3.21. The van der Waals surface area contributed by atoms with E-state index in [0.29, 0.717) is 23.0 Å². The summed E-state index contributed by atoms with van der Waals surface area (Å²) in [6.45, 7) is 2.41. The molecule has 0 unspecified atom stereocenters. The van der Waals surface area contributed by atoms with Gasteiger partial charge in [0.05, 0.1) is 5.56 Å². The molecule has 1 aromatic heterocycles. The van der Waals surface area contributed by atoms with E-state index in [4.69, 9.17) is 0 Å². The SMILES string of the molecule is C[C@@H]1C[C@H]1C(=O)NCCC(=O)Nc1sc2c(c1C#N)CCCCCC2. The molecule has 1 fully saturated rings. The van der Waals surface area contributed by atoms with Crippen molar-refractivity contribution in [3.05, 3.63) is 16.0 Å². The number of fused-ring (bicyclic) bond motifs is 1. The predicted molar refractivity (Wildman–Crippen MR) is 98.4 cm³/mol. The molecule has 134 valence electrons. The second-order valence-corrected chi connectivity index (χ2v) is 8.25. The van der Waals surface area contributed by atoms with Gasteiger partial charge in [-0.3, -0.25) is 9.59 Å². The van der Waals surface area contributed by atoms with Gasteiger partial charge in [-0.1, -0.05) is 19.8 Å². The quantitative estimate of drug-likeness (QED) is 0.845. The molecular formula is C19H25N3O2S. The summed E-state index contributed by atoms with van der Waals surface area (Å²) < 4.78 is 0. The molecule has 0 aromatic carbocycles. The summed E-state index contributed by atoms with van der Waals surface area (Å²) in [4.78, 5) is 25.2. The maximum absolute atomic E-state index is 12.2. The molecule has 2 aliphatic rings. The number of nitrogens with zero attached hydrogens (tertiary/aromatic N) is 1. The number of nitrogens with one attached hydrogen (secondary N) is 2. The molecule has 5 nitrogen and oxygen atoms in total. The Morgan fingerprint density at radius 1 is 1.24 bits per heavy atom. The van der Waals surface area contributed by atoms with Crippen molar-refractivity contribution >= 4 is 28.2 Å². The summed E-state index contributed by atoms with van der Waals surface area (Å²) in [6, 6.07) is 2.29. The molecule has 3 rings (SSSR count). The monoisotopic (exact) mass is 359 g/mol. The number of carbonyl (C=O) groups excluding carboxylic acids is 2. The minimum atomic E-state index is -0.144. The lowest BCUT2D eigenvalue weighted by atomic mass is 9.97. The maximum Gasteiger partial charge on any atom is 0.226 e. The van der Waals surface area contributed by atoms with E-state index in [1.54, 1.807) is 11.3 Å². The zero-order valence-corrected chi connectivity index (χ0v) is 15.5. The summed E-state index contributed by atoms with van der Waals surface area (Å²) in [5.41, 5.74) is 1.78. The van der Waals surface area contributed by atoms with Crippen molar-refractivity contribution in [2.75, 3.05) is 11.9 Å². The molecule has 0 saturated heterocycles. The van der Waals surface area contributed by atoms with Gasteiger partial charge in [-0.2, -0.15) is 5.26 Å². The van der Waals surface area contributed by atoms with Crippen LogP contribution in [0.25, 0.3) is 0 Å². The van der Waals surface area contributed by atoms with Gasteiger partial charge < -0.3 is 10.6 Å². The molecule has 1 saturated carbocycles. The molecule has 25 heavy (non-hydrogen) atoms. The van der Waals surface area contributed by atoms with E-state index in [-0.39, 0.29) is 24.2 Å². The van der Waals surface area contributed by atoms with Crippen molar-refractivity contribution in [3.8, 4) is 6.07 Å². The normalized spacial score (nSPS) is 22.1. The first-order valence-corrected chi connectivity index (χ1v) is 10.0. The van der Waals surface area contributed by atoms with Crippen LogP contribution in [0.15, 0.2) is 0 Å². The highest BCUT2D eigenvalue weighted by molar-refractivity contribution is 7.16. The molecule has 2 aliphatic carbocycles. The number of aryl methyl sites for hydroxylation is 1. The number of anilines is 1. The van der Waals surface area contributed by atoms with Crippen LogP contribution in [-0.2, 0) is 22.4 Å². The van der Waals surface area contributed by atoms with Crippen LogP contribution in [0.1, 0.15) is 61.5 Å². The summed E-state index contributed by atoms with van der Waals surface area (Å²) >= 11 is 1.55. The molecule has 2 N–H and O–H groups in total. The van der Waals surface area contributed by atoms with Crippen LogP contribution in [-0.4, -0.2) is 18.4 Å². The van der Waals surface area contributed by atoms with Crippen LogP contribution < -0.4 is 10.6 Å². The zero-order valence-electron chi connectivity index (χ0n) is 14.7. The third-order valence-electron chi connectivity index (χ3n) is 5.13. The number of carbonyl (C=O) groups is 2. The highest BCUT2D eigenvalue weighted by Crippen LogP contribution is 2.38. The maximum atomic E-state index is 12.2. The zero-order chi connectivity index (χ0) is 17.8. The van der Waals surface area contributed by atoms with E-state index in [1.807, 2.05) is 0 Å². The molecule has 0 bridgehead atoms. The van der Waals surface area contributed by atoms with E-state index >= 15 is 0 Å². The van der Waals surface area contributed by atoms with Gasteiger partial charge in [-0.25, -0.2) is 0 Å². The fraction of sp³-hybridized carbons (Fsp3) is 0.632. The number of rotatable bonds is 5. The Kier molecular flexibility index (Phi) is 5.74. The highest BCUT2D eigenvalue weighted by Gasteiger charge is 2.38. The van der Waals surface area contributed by atoms with Crippen LogP contribution in [0.5, 0.6) is 0 Å². The number of hydrogen-bond acceptors (Lipinski definition) is 4. The predicted octanol–water partition coefficient (Wildman–Crippen LogP) is 3.38. The molecule has 1 aromatic rings. The lowest BCUT2D eigenvalue weighted by Gasteiger charge is -2.08. The largest absolute Gasteiger partial charge is 0.355 e. The molecule has 1 heterocycles. The summed E-state index contributed by atoms with van der Waals surface area (Å²) in [7, 11) is 0. The summed E-state index contributed by atoms with van der Waals surface area (Å²) in [6.07, 6.45) is 7.82. The molecule has 0 spiro atoms. The standard InChI is InChI=1S/C19H25N3O2S/c1-12-10-14(12)18(24)21-9-8-17(23)22-19-15(11-20)13-6-4-2-3-5-7-16(13)25-19/h12,14H,2-10H2,1H3,(H,21,24)(H,22,23)/t12-,14-/m1/s1. The minimum Gasteiger partial charge on any atom is -0.355 e. The van der Waals surface area contributed by atoms with Crippen LogP contribution in [0.2, 0.25) is 0 Å². The van der Waals surface area contributed by atoms with Crippen molar-refractivity contribution < 1.29 is 9.59 Å². The van der Waals surface area contributed by atoms with E-state index in [0.717, 1.165) is 37.7 Å². The van der Waals surface area contributed by atoms with Gasteiger partial charge in [0.15, 0.2) is 0 Å². The van der Waals surface area contributed by atoms with Crippen LogP contribution in [0.3, 0.4) is 0 Å². The Balaban J connectivity index is 1.56. The van der Waals surface area contributed by atoms with Crippen molar-refractivity contribution in [2.45, 2.75) is 58.3 Å². The van der Waals surface area contributed by atoms with Gasteiger partial charge in [0.2, 0.25) is 11.8 Å². The average molecular weight is 359 g/mol. The van der Waals surface area contributed by atoms with E-state index in [2.05, 4.69) is 23.6 Å². The fourth-order valence-corrected chi connectivity index (χ4v) is 4.69. The summed E-state index contributed by atoms with van der Waals surface area (Å²) in [5.74, 6) is 0.509. The molecule has 2 amide bonds. The Bertz CT molecular complexity index is 704. The molecule has 6 heteroatoms. The Morgan fingerprint density at radius 2 is 1.96 bits per heavy atom. The second kappa shape index (κ2) is 8.01. The summed E-state index contributed by atoms with van der Waals surface area (Å²) in [5, 5.41) is 15.9. The minimum absolute atomic E-state index is 0.0529. The van der Waals surface area contributed by atoms with Crippen LogP contribution in [0, 0.1) is 23.2 Å². The first kappa shape index (κ1) is 17.9. The van der Waals surface area contributed by atoms with E-state index < -0.39 is 0 Å². The topological polar surface area (TPSA) is 82.0 Å². The second-order valence-electron chi connectivity index (χ2n) is 7.14. The first-order chi connectivity index (χ1) is 12.1. The fourth-order valence-electron chi connectivity index (χ4n) is 3.43. The number of thiophene rings is 1. The van der Waals surface area contributed by atoms with Gasteiger partial charge in [0.25, 0.3) is 0 Å². The smallest absolute Gasteiger partial charge is 0.226 e. The van der Waals surface area contributed by atoms with Crippen molar-refractivity contribution in [2.24, 2.45) is 11.8 Å². The van der Waals surface area contributed by atoms with E-state index in [9.17, 15) is 14.9 Å². The number of nitriles is 1. The third-order valence-corrected chi connectivity index (χ3v) is 6.34. The number of amides is 2. The third kappa shape index (κ3) is 4.40. The van der Waals surface area contributed by atoms with Gasteiger partial charge in [0.1, 0.15) is 11.1 Å². The van der Waals surface area contributed by atoms with Gasteiger partial charge >= 0.3 is 0 Å². The molecule has 2 atom stereocenters. The van der Waals surface area contributed by atoms with Crippen molar-refractivity contribution in [3.63, 3.8) is 0 Å². The molecule has 0 aliphatic heterocycles.